The van der Waals surface area contributed by atoms with Gasteiger partial charge < -0.3 is 33.5 Å². The highest BCUT2D eigenvalue weighted by atomic mass is 16.6. The number of rotatable bonds is 12. The van der Waals surface area contributed by atoms with Crippen molar-refractivity contribution >= 4 is 33.7 Å². The van der Waals surface area contributed by atoms with Gasteiger partial charge in [-0.05, 0) is 66.0 Å². The maximum atomic E-state index is 13.4. The Morgan fingerprint density at radius 1 is 0.839 bits per heavy atom. The molecule has 4 aromatic carbocycles. The van der Waals surface area contributed by atoms with Gasteiger partial charge in [0.15, 0.2) is 5.82 Å². The molecule has 6 aromatic rings. The number of benzene rings is 4. The van der Waals surface area contributed by atoms with Gasteiger partial charge in [-0.25, -0.2) is 4.79 Å². The molecule has 0 saturated carbocycles. The molecule has 2 aliphatic heterocycles. The number of hydrogen-bond donors (Lipinski definition) is 0. The minimum Gasteiger partial charge on any atom is -0.489 e. The van der Waals surface area contributed by atoms with Crippen molar-refractivity contribution in [2.75, 3.05) is 44.7 Å². The Kier molecular flexibility index (Phi) is 11.0. The number of hydrogen-bond acceptors (Lipinski definition) is 9. The first-order valence-corrected chi connectivity index (χ1v) is 19.4. The number of anilines is 1. The first kappa shape index (κ1) is 36.8. The average Bonchev–Trinajstić information content (AvgIpc) is 3.79. The van der Waals surface area contributed by atoms with E-state index in [0.29, 0.717) is 51.3 Å². The van der Waals surface area contributed by atoms with Crippen LogP contribution < -0.4 is 14.4 Å². The van der Waals surface area contributed by atoms with Crippen LogP contribution in [0.4, 0.5) is 10.6 Å². The molecule has 0 N–H and O–H groups in total. The predicted octanol–water partition coefficient (Wildman–Crippen LogP) is 7.51. The second-order valence-electron chi connectivity index (χ2n) is 14.8. The van der Waals surface area contributed by atoms with Gasteiger partial charge in [0.05, 0.1) is 18.5 Å². The fraction of sp³-hybridized carbons (Fsp3) is 0.333. The summed E-state index contributed by atoms with van der Waals surface area (Å²) in [6, 6.07) is 35.0. The normalized spacial score (nSPS) is 17.3. The number of fused-ring (bicyclic) bond motifs is 2. The van der Waals surface area contributed by atoms with Gasteiger partial charge in [-0.3, -0.25) is 0 Å². The summed E-state index contributed by atoms with van der Waals surface area (Å²) >= 11 is 0. The monoisotopic (exact) mass is 749 g/mol. The summed E-state index contributed by atoms with van der Waals surface area (Å²) in [5.74, 6) is 1.54. The molecule has 2 aromatic heterocycles. The lowest BCUT2D eigenvalue weighted by Gasteiger charge is -2.40. The van der Waals surface area contributed by atoms with Gasteiger partial charge in [-0.2, -0.15) is 15.2 Å². The van der Waals surface area contributed by atoms with Gasteiger partial charge >= 0.3 is 12.1 Å². The van der Waals surface area contributed by atoms with Crippen LogP contribution in [0.25, 0.3) is 21.8 Å². The third-order valence-corrected chi connectivity index (χ3v) is 11.0. The Bertz CT molecular complexity index is 2340. The van der Waals surface area contributed by atoms with E-state index < -0.39 is 6.09 Å². The molecular weight excluding hydrogens is 703 g/mol. The van der Waals surface area contributed by atoms with Gasteiger partial charge in [-0.1, -0.05) is 84.9 Å². The van der Waals surface area contributed by atoms with Crippen LogP contribution in [-0.4, -0.2) is 82.3 Å². The molecule has 11 nitrogen and oxygen atoms in total. The highest BCUT2D eigenvalue weighted by Crippen LogP contribution is 2.35. The molecular formula is C45H47N7O4. The number of aryl methyl sites for hydroxylation is 1. The van der Waals surface area contributed by atoms with Crippen LogP contribution in [-0.2, 0) is 31.4 Å². The lowest BCUT2D eigenvalue weighted by molar-refractivity contribution is 0.0768. The van der Waals surface area contributed by atoms with Crippen LogP contribution in [0.2, 0.25) is 0 Å². The van der Waals surface area contributed by atoms with E-state index in [1.807, 2.05) is 55.6 Å². The minimum atomic E-state index is -0.422. The molecule has 4 heterocycles. The molecule has 286 valence electrons. The SMILES string of the molecule is CN1CCCC1COc1nc(N2CCN(C(=O)OCc3ccccc3)C(CC#N)C2)c2c(n1)c(Cc1cc(OCc3ccccc3)cc3ccccc13)cn2C. The molecule has 11 heteroatoms. The third kappa shape index (κ3) is 8.11. The molecule has 2 aliphatic rings. The number of piperazine rings is 1. The van der Waals surface area contributed by atoms with Crippen molar-refractivity contribution in [1.82, 2.24) is 24.3 Å². The summed E-state index contributed by atoms with van der Waals surface area (Å²) in [7, 11) is 4.15. The van der Waals surface area contributed by atoms with E-state index in [4.69, 9.17) is 24.2 Å². The quantitative estimate of drug-likeness (QED) is 0.126. The molecule has 0 aliphatic carbocycles. The molecule has 8 rings (SSSR count). The molecule has 1 amide bonds. The van der Waals surface area contributed by atoms with Gasteiger partial charge in [0.1, 0.15) is 36.6 Å². The standard InChI is InChI=1S/C45H47N7O4/c1-49-21-11-17-38(49)31-55-44-47-41-36(24-35-26-39(25-34-16-9-10-18-40(34)35)54-29-32-12-5-3-6-13-32)27-50(2)42(41)43(48-44)51-22-23-52(37(28-51)19-20-46)45(53)56-30-33-14-7-4-8-15-33/h3-10,12-16,18,25-27,37-38H,11,17,19,21-24,28-31H2,1-2H3. The van der Waals surface area contributed by atoms with Crippen LogP contribution in [0.1, 0.15) is 41.5 Å². The van der Waals surface area contributed by atoms with Gasteiger partial charge in [0.2, 0.25) is 0 Å². The summed E-state index contributed by atoms with van der Waals surface area (Å²) in [5.41, 5.74) is 5.88. The summed E-state index contributed by atoms with van der Waals surface area (Å²) in [6.07, 6.45) is 4.69. The van der Waals surface area contributed by atoms with E-state index in [0.717, 1.165) is 75.0 Å². The predicted molar refractivity (Wildman–Crippen MR) is 217 cm³/mol. The highest BCUT2D eigenvalue weighted by Gasteiger charge is 2.34. The Morgan fingerprint density at radius 3 is 2.34 bits per heavy atom. The van der Waals surface area contributed by atoms with Gasteiger partial charge in [-0.15, -0.1) is 0 Å². The minimum absolute atomic E-state index is 0.163. The van der Waals surface area contributed by atoms with E-state index in [1.54, 1.807) is 4.90 Å². The lowest BCUT2D eigenvalue weighted by Crippen LogP contribution is -2.55. The van der Waals surface area contributed by atoms with Crippen molar-refractivity contribution < 1.29 is 19.0 Å². The van der Waals surface area contributed by atoms with E-state index in [-0.39, 0.29) is 19.1 Å². The molecule has 2 saturated heterocycles. The first-order chi connectivity index (χ1) is 27.4. The number of ether oxygens (including phenoxy) is 3. The maximum absolute atomic E-state index is 13.4. The first-order valence-electron chi connectivity index (χ1n) is 19.4. The Labute approximate surface area is 327 Å². The molecule has 2 fully saturated rings. The average molecular weight is 750 g/mol. The second kappa shape index (κ2) is 16.7. The summed E-state index contributed by atoms with van der Waals surface area (Å²) in [6.45, 7) is 3.49. The summed E-state index contributed by atoms with van der Waals surface area (Å²) in [4.78, 5) is 29.7. The molecule has 0 bridgehead atoms. The van der Waals surface area contributed by atoms with Crippen molar-refractivity contribution in [1.29, 1.82) is 5.26 Å². The number of aromatic nitrogens is 3. The Morgan fingerprint density at radius 2 is 1.59 bits per heavy atom. The third-order valence-electron chi connectivity index (χ3n) is 11.0. The zero-order chi connectivity index (χ0) is 38.4. The largest absolute Gasteiger partial charge is 0.489 e. The number of nitriles is 1. The van der Waals surface area contributed by atoms with Crippen LogP contribution in [0, 0.1) is 11.3 Å². The highest BCUT2D eigenvalue weighted by molar-refractivity contribution is 5.92. The number of likely N-dealkylation sites (N-methyl/N-ethyl adjacent to an activating group) is 1. The number of carbonyl (C=O) groups is 1. The van der Waals surface area contributed by atoms with Crippen LogP contribution in [0.15, 0.2) is 103 Å². The van der Waals surface area contributed by atoms with E-state index in [2.05, 4.69) is 82.2 Å². The fourth-order valence-corrected chi connectivity index (χ4v) is 8.01. The zero-order valence-corrected chi connectivity index (χ0v) is 32.0. The van der Waals surface area contributed by atoms with Crippen molar-refractivity contribution in [3.8, 4) is 17.8 Å². The van der Waals surface area contributed by atoms with Crippen molar-refractivity contribution in [3.05, 3.63) is 126 Å². The molecule has 2 atom stereocenters. The number of nitrogens with zero attached hydrogens (tertiary/aromatic N) is 7. The summed E-state index contributed by atoms with van der Waals surface area (Å²) in [5, 5.41) is 12.1. The molecule has 0 radical (unpaired) electrons. The Balaban J connectivity index is 1.12. The van der Waals surface area contributed by atoms with Crippen molar-refractivity contribution in [2.24, 2.45) is 7.05 Å². The topological polar surface area (TPSA) is 109 Å². The maximum Gasteiger partial charge on any atom is 0.410 e. The smallest absolute Gasteiger partial charge is 0.410 e. The van der Waals surface area contributed by atoms with Crippen LogP contribution >= 0.6 is 0 Å². The molecule has 2 unspecified atom stereocenters. The fourth-order valence-electron chi connectivity index (χ4n) is 8.01. The zero-order valence-electron chi connectivity index (χ0n) is 32.0. The van der Waals surface area contributed by atoms with E-state index >= 15 is 0 Å². The Hall–Kier alpha value is -6.12. The lowest BCUT2D eigenvalue weighted by atomic mass is 9.98. The van der Waals surface area contributed by atoms with Gasteiger partial charge in [0.25, 0.3) is 0 Å². The van der Waals surface area contributed by atoms with Crippen LogP contribution in [0.5, 0.6) is 11.8 Å². The number of carbonyl (C=O) groups excluding carboxylic acids is 1. The summed E-state index contributed by atoms with van der Waals surface area (Å²) < 4.78 is 20.6. The van der Waals surface area contributed by atoms with Crippen molar-refractivity contribution in [3.63, 3.8) is 0 Å². The van der Waals surface area contributed by atoms with E-state index in [9.17, 15) is 10.1 Å². The van der Waals surface area contributed by atoms with Crippen LogP contribution in [0.3, 0.4) is 0 Å². The van der Waals surface area contributed by atoms with Crippen molar-refractivity contribution in [2.45, 2.75) is 51.0 Å². The number of likely N-dealkylation sites (tertiary alicyclic amines) is 1. The molecule has 0 spiro atoms. The second-order valence-corrected chi connectivity index (χ2v) is 14.8. The van der Waals surface area contributed by atoms with Gasteiger partial charge in [0, 0.05) is 50.9 Å². The van der Waals surface area contributed by atoms with E-state index in [1.165, 1.54) is 0 Å². The molecule has 56 heavy (non-hydrogen) atoms. The number of amides is 1.